The molecule has 1 aliphatic heterocycles. The number of likely N-dealkylation sites (N-methyl/N-ethyl adjacent to an activating group) is 1. The SMILES string of the molecule is CN1C(=O)/C(=C/c2cc3sc(N(CCO)CCO)cc3s2)SC1=S. The molecular formula is C15H16N2O3S4. The first-order valence-corrected chi connectivity index (χ1v) is 10.1. The van der Waals surface area contributed by atoms with Crippen LogP contribution in [0.3, 0.4) is 0 Å². The van der Waals surface area contributed by atoms with Gasteiger partial charge in [-0.25, -0.2) is 0 Å². The Morgan fingerprint density at radius 2 is 1.88 bits per heavy atom. The summed E-state index contributed by atoms with van der Waals surface area (Å²) < 4.78 is 2.85. The first-order valence-electron chi connectivity index (χ1n) is 7.25. The fourth-order valence-corrected chi connectivity index (χ4v) is 5.96. The molecule has 2 aromatic heterocycles. The molecule has 3 rings (SSSR count). The fourth-order valence-electron chi connectivity index (χ4n) is 2.32. The minimum absolute atomic E-state index is 0.0512. The van der Waals surface area contributed by atoms with E-state index in [4.69, 9.17) is 22.4 Å². The predicted molar refractivity (Wildman–Crippen MR) is 107 cm³/mol. The van der Waals surface area contributed by atoms with Crippen LogP contribution in [0.15, 0.2) is 17.0 Å². The Morgan fingerprint density at radius 3 is 2.42 bits per heavy atom. The number of carbonyl (C=O) groups is 1. The van der Waals surface area contributed by atoms with Gasteiger partial charge in [-0.2, -0.15) is 0 Å². The van der Waals surface area contributed by atoms with E-state index in [2.05, 4.69) is 12.1 Å². The van der Waals surface area contributed by atoms with Gasteiger partial charge < -0.3 is 15.1 Å². The maximum Gasteiger partial charge on any atom is 0.265 e. The molecule has 0 atom stereocenters. The second-order valence-corrected chi connectivity index (χ2v) is 8.99. The van der Waals surface area contributed by atoms with Gasteiger partial charge in [-0.15, -0.1) is 22.7 Å². The van der Waals surface area contributed by atoms with E-state index in [0.29, 0.717) is 22.3 Å². The molecule has 3 heterocycles. The van der Waals surface area contributed by atoms with E-state index in [1.165, 1.54) is 16.7 Å². The lowest BCUT2D eigenvalue weighted by atomic mass is 10.3. The van der Waals surface area contributed by atoms with Gasteiger partial charge in [-0.3, -0.25) is 9.69 Å². The summed E-state index contributed by atoms with van der Waals surface area (Å²) in [5, 5.41) is 19.3. The van der Waals surface area contributed by atoms with Crippen molar-refractivity contribution in [3.8, 4) is 0 Å². The molecule has 2 N–H and O–H groups in total. The summed E-state index contributed by atoms with van der Waals surface area (Å²) in [5.74, 6) is -0.0560. The molecule has 0 unspecified atom stereocenters. The second kappa shape index (κ2) is 7.51. The third kappa shape index (κ3) is 3.51. The van der Waals surface area contributed by atoms with Crippen LogP contribution >= 0.6 is 46.7 Å². The number of anilines is 1. The van der Waals surface area contributed by atoms with Gasteiger partial charge in [-0.1, -0.05) is 24.0 Å². The third-order valence-corrected chi connectivity index (χ3v) is 7.31. The van der Waals surface area contributed by atoms with Crippen LogP contribution in [0.1, 0.15) is 4.88 Å². The molecule has 1 aliphatic rings. The molecule has 1 amide bonds. The van der Waals surface area contributed by atoms with E-state index in [0.717, 1.165) is 19.3 Å². The molecule has 0 aliphatic carbocycles. The van der Waals surface area contributed by atoms with Gasteiger partial charge in [0.2, 0.25) is 0 Å². The number of rotatable bonds is 6. The summed E-state index contributed by atoms with van der Waals surface area (Å²) in [6.45, 7) is 1.10. The van der Waals surface area contributed by atoms with E-state index < -0.39 is 0 Å². The van der Waals surface area contributed by atoms with Gasteiger partial charge in [0.1, 0.15) is 4.32 Å². The highest BCUT2D eigenvalue weighted by molar-refractivity contribution is 8.26. The van der Waals surface area contributed by atoms with Crippen molar-refractivity contribution >= 4 is 77.4 Å². The summed E-state index contributed by atoms with van der Waals surface area (Å²) in [5.41, 5.74) is 0. The van der Waals surface area contributed by atoms with Crippen LogP contribution in [-0.2, 0) is 4.79 Å². The van der Waals surface area contributed by atoms with Gasteiger partial charge >= 0.3 is 0 Å². The van der Waals surface area contributed by atoms with Gasteiger partial charge in [0.15, 0.2) is 0 Å². The standard InChI is InChI=1S/C15H16N2O3S4/c1-16-14(20)12(24-15(16)21)7-9-6-10-11(22-9)8-13(23-10)17(2-4-18)3-5-19/h6-8,18-19H,2-5H2,1H3/b12-7-. The summed E-state index contributed by atoms with van der Waals surface area (Å²) in [6, 6.07) is 4.13. The van der Waals surface area contributed by atoms with Crippen molar-refractivity contribution in [1.82, 2.24) is 4.90 Å². The van der Waals surface area contributed by atoms with E-state index in [1.807, 2.05) is 11.0 Å². The van der Waals surface area contributed by atoms with E-state index in [1.54, 1.807) is 29.7 Å². The van der Waals surface area contributed by atoms with E-state index >= 15 is 0 Å². The fraction of sp³-hybridized carbons (Fsp3) is 0.333. The van der Waals surface area contributed by atoms with Crippen LogP contribution in [0.4, 0.5) is 5.00 Å². The van der Waals surface area contributed by atoms with E-state index in [-0.39, 0.29) is 19.1 Å². The van der Waals surface area contributed by atoms with Crippen LogP contribution in [0, 0.1) is 0 Å². The quantitative estimate of drug-likeness (QED) is 0.574. The van der Waals surface area contributed by atoms with Crippen molar-refractivity contribution < 1.29 is 15.0 Å². The molecule has 0 spiro atoms. The zero-order valence-corrected chi connectivity index (χ0v) is 16.2. The Hall–Kier alpha value is -0.970. The van der Waals surface area contributed by atoms with Crippen LogP contribution < -0.4 is 4.90 Å². The normalized spacial score (nSPS) is 16.8. The lowest BCUT2D eigenvalue weighted by molar-refractivity contribution is -0.121. The molecule has 0 bridgehead atoms. The maximum absolute atomic E-state index is 12.1. The molecule has 1 fully saturated rings. The molecule has 24 heavy (non-hydrogen) atoms. The number of hydrogen-bond donors (Lipinski definition) is 2. The predicted octanol–water partition coefficient (Wildman–Crippen LogP) is 2.58. The average molecular weight is 401 g/mol. The number of amides is 1. The smallest absolute Gasteiger partial charge is 0.265 e. The highest BCUT2D eigenvalue weighted by atomic mass is 32.2. The molecule has 2 aromatic rings. The summed E-state index contributed by atoms with van der Waals surface area (Å²) >= 11 is 9.71. The molecule has 5 nitrogen and oxygen atoms in total. The third-order valence-electron chi connectivity index (χ3n) is 3.52. The molecular weight excluding hydrogens is 384 g/mol. The van der Waals surface area contributed by atoms with Crippen LogP contribution in [0.2, 0.25) is 0 Å². The molecule has 0 aromatic carbocycles. The second-order valence-electron chi connectivity index (χ2n) is 5.14. The number of fused-ring (bicyclic) bond motifs is 1. The summed E-state index contributed by atoms with van der Waals surface area (Å²) in [4.78, 5) is 17.2. The Labute approximate surface area is 157 Å². The largest absolute Gasteiger partial charge is 0.395 e. The zero-order valence-electron chi connectivity index (χ0n) is 12.9. The van der Waals surface area contributed by atoms with E-state index in [9.17, 15) is 4.79 Å². The highest BCUT2D eigenvalue weighted by Gasteiger charge is 2.28. The summed E-state index contributed by atoms with van der Waals surface area (Å²) in [6.07, 6.45) is 1.89. The highest BCUT2D eigenvalue weighted by Crippen LogP contribution is 2.40. The van der Waals surface area contributed by atoms with Crippen molar-refractivity contribution in [1.29, 1.82) is 0 Å². The Balaban J connectivity index is 1.85. The van der Waals surface area contributed by atoms with Crippen LogP contribution in [0.5, 0.6) is 0 Å². The number of aliphatic hydroxyl groups is 2. The molecule has 0 radical (unpaired) electrons. The van der Waals surface area contributed by atoms with Crippen molar-refractivity contribution in [3.05, 3.63) is 21.9 Å². The monoisotopic (exact) mass is 400 g/mol. The number of aliphatic hydroxyl groups excluding tert-OH is 2. The lowest BCUT2D eigenvalue weighted by Gasteiger charge is -2.20. The zero-order chi connectivity index (χ0) is 17.3. The van der Waals surface area contributed by atoms with Gasteiger partial charge in [-0.05, 0) is 18.2 Å². The summed E-state index contributed by atoms with van der Waals surface area (Å²) in [7, 11) is 1.69. The number of thiophene rings is 2. The molecule has 128 valence electrons. The molecule has 9 heteroatoms. The van der Waals surface area contributed by atoms with Gasteiger partial charge in [0.25, 0.3) is 5.91 Å². The number of hydrogen-bond acceptors (Lipinski definition) is 8. The van der Waals surface area contributed by atoms with Gasteiger partial charge in [0.05, 0.1) is 23.1 Å². The Morgan fingerprint density at radius 1 is 1.21 bits per heavy atom. The van der Waals surface area contributed by atoms with Crippen molar-refractivity contribution in [2.45, 2.75) is 0 Å². The van der Waals surface area contributed by atoms with Crippen molar-refractivity contribution in [2.24, 2.45) is 0 Å². The Bertz CT molecular complexity index is 773. The average Bonchev–Trinajstić information content (AvgIpc) is 3.16. The number of thioether (sulfide) groups is 1. The van der Waals surface area contributed by atoms with Crippen molar-refractivity contribution in [2.75, 3.05) is 38.3 Å². The Kier molecular flexibility index (Phi) is 5.58. The lowest BCUT2D eigenvalue weighted by Crippen LogP contribution is -2.28. The topological polar surface area (TPSA) is 64.0 Å². The minimum atomic E-state index is -0.0560. The number of thiocarbonyl (C=S) groups is 1. The first kappa shape index (κ1) is 17.8. The molecule has 1 saturated heterocycles. The maximum atomic E-state index is 12.1. The number of carbonyl (C=O) groups excluding carboxylic acids is 1. The van der Waals surface area contributed by atoms with Gasteiger partial charge in [0, 0.05) is 34.4 Å². The van der Waals surface area contributed by atoms with Crippen LogP contribution in [0.25, 0.3) is 15.5 Å². The molecule has 0 saturated carbocycles. The first-order chi connectivity index (χ1) is 11.5. The van der Waals surface area contributed by atoms with Crippen molar-refractivity contribution in [3.63, 3.8) is 0 Å². The number of nitrogens with zero attached hydrogens (tertiary/aromatic N) is 2. The van der Waals surface area contributed by atoms with Crippen LogP contribution in [-0.4, -0.2) is 58.7 Å². The minimum Gasteiger partial charge on any atom is -0.395 e.